The molecule has 5 nitrogen and oxygen atoms in total. The van der Waals surface area contributed by atoms with E-state index in [1.54, 1.807) is 0 Å². The van der Waals surface area contributed by atoms with Crippen molar-refractivity contribution < 1.29 is 14.3 Å². The van der Waals surface area contributed by atoms with Crippen molar-refractivity contribution in [3.05, 3.63) is 58.7 Å². The minimum Gasteiger partial charge on any atom is -0.454 e. The summed E-state index contributed by atoms with van der Waals surface area (Å²) in [6.45, 7) is 4.75. The van der Waals surface area contributed by atoms with Crippen LogP contribution in [0.25, 0.3) is 0 Å². The molecule has 5 heteroatoms. The largest absolute Gasteiger partial charge is 0.454 e. The van der Waals surface area contributed by atoms with Crippen LogP contribution < -0.4 is 20.1 Å². The molecule has 2 atom stereocenters. The van der Waals surface area contributed by atoms with E-state index in [2.05, 4.69) is 35.8 Å². The molecule has 4 rings (SSSR count). The Hall–Kier alpha value is -2.53. The quantitative estimate of drug-likeness (QED) is 0.803. The summed E-state index contributed by atoms with van der Waals surface area (Å²) in [7, 11) is 0. The number of hydrogen-bond donors (Lipinski definition) is 2. The molecule has 1 heterocycles. The number of benzene rings is 2. The Morgan fingerprint density at radius 1 is 1.00 bits per heavy atom. The third kappa shape index (κ3) is 4.14. The average Bonchev–Trinajstić information content (AvgIpc) is 3.19. The standard InChI is InChI=1S/C23H28N2O3/c1-15(19-9-8-18-5-3-4-6-20(18)12-19)25-16(2)23(26)24-13-17-7-10-21-22(11-17)28-14-27-21/h7-12,15-16,25H,3-6,13-14H2,1-2H3,(H,24,26)/t15-,16-/m1/s1. The van der Waals surface area contributed by atoms with Gasteiger partial charge in [0.05, 0.1) is 6.04 Å². The lowest BCUT2D eigenvalue weighted by Crippen LogP contribution is -2.42. The lowest BCUT2D eigenvalue weighted by molar-refractivity contribution is -0.123. The molecule has 1 amide bonds. The first-order valence-corrected chi connectivity index (χ1v) is 10.1. The van der Waals surface area contributed by atoms with Gasteiger partial charge in [-0.05, 0) is 73.9 Å². The monoisotopic (exact) mass is 380 g/mol. The maximum absolute atomic E-state index is 12.5. The van der Waals surface area contributed by atoms with Crippen molar-refractivity contribution in [2.75, 3.05) is 6.79 Å². The second-order valence-electron chi connectivity index (χ2n) is 7.75. The molecular weight excluding hydrogens is 352 g/mol. The predicted octanol–water partition coefficient (Wildman–Crippen LogP) is 3.65. The van der Waals surface area contributed by atoms with Gasteiger partial charge in [-0.25, -0.2) is 0 Å². The third-order valence-electron chi connectivity index (χ3n) is 5.67. The van der Waals surface area contributed by atoms with Crippen LogP contribution in [-0.2, 0) is 24.2 Å². The molecule has 2 aliphatic rings. The van der Waals surface area contributed by atoms with Gasteiger partial charge in [0.15, 0.2) is 11.5 Å². The SMILES string of the molecule is C[C@@H](N[C@H](C)c1ccc2c(c1)CCCC2)C(=O)NCc1ccc2c(c1)OCO2. The molecule has 0 spiro atoms. The molecule has 2 aromatic rings. The second kappa shape index (κ2) is 8.23. The Bertz CT molecular complexity index is 865. The van der Waals surface area contributed by atoms with E-state index in [0.717, 1.165) is 17.1 Å². The van der Waals surface area contributed by atoms with Gasteiger partial charge in [0.2, 0.25) is 12.7 Å². The van der Waals surface area contributed by atoms with E-state index < -0.39 is 0 Å². The first kappa shape index (κ1) is 18.8. The van der Waals surface area contributed by atoms with Crippen LogP contribution in [0.5, 0.6) is 11.5 Å². The number of ether oxygens (including phenoxy) is 2. The lowest BCUT2D eigenvalue weighted by atomic mass is 9.89. The van der Waals surface area contributed by atoms with Crippen LogP contribution in [-0.4, -0.2) is 18.7 Å². The Labute approximate surface area is 166 Å². The van der Waals surface area contributed by atoms with Crippen LogP contribution in [0.2, 0.25) is 0 Å². The van der Waals surface area contributed by atoms with Crippen LogP contribution >= 0.6 is 0 Å². The summed E-state index contributed by atoms with van der Waals surface area (Å²) in [5.41, 5.74) is 5.19. The molecule has 0 bridgehead atoms. The van der Waals surface area contributed by atoms with Crippen molar-refractivity contribution in [2.24, 2.45) is 0 Å². The molecule has 0 saturated carbocycles. The summed E-state index contributed by atoms with van der Waals surface area (Å²) in [5.74, 6) is 1.48. The topological polar surface area (TPSA) is 59.6 Å². The van der Waals surface area contributed by atoms with E-state index in [0.29, 0.717) is 6.54 Å². The van der Waals surface area contributed by atoms with E-state index in [1.807, 2.05) is 25.1 Å². The number of carbonyl (C=O) groups excluding carboxylic acids is 1. The zero-order valence-corrected chi connectivity index (χ0v) is 16.6. The first-order chi connectivity index (χ1) is 13.6. The summed E-state index contributed by atoms with van der Waals surface area (Å²) in [6.07, 6.45) is 4.93. The zero-order valence-electron chi connectivity index (χ0n) is 16.6. The summed E-state index contributed by atoms with van der Waals surface area (Å²) < 4.78 is 10.7. The summed E-state index contributed by atoms with van der Waals surface area (Å²) in [4.78, 5) is 12.5. The van der Waals surface area contributed by atoms with E-state index >= 15 is 0 Å². The molecule has 2 N–H and O–H groups in total. The van der Waals surface area contributed by atoms with Gasteiger partial charge in [0.1, 0.15) is 0 Å². The highest BCUT2D eigenvalue weighted by Gasteiger charge is 2.18. The lowest BCUT2D eigenvalue weighted by Gasteiger charge is -2.22. The minimum absolute atomic E-state index is 0.0116. The molecule has 2 aromatic carbocycles. The summed E-state index contributed by atoms with van der Waals surface area (Å²) >= 11 is 0. The Morgan fingerprint density at radius 2 is 1.79 bits per heavy atom. The predicted molar refractivity (Wildman–Crippen MR) is 109 cm³/mol. The molecule has 1 aliphatic carbocycles. The summed E-state index contributed by atoms with van der Waals surface area (Å²) in [6, 6.07) is 12.3. The van der Waals surface area contributed by atoms with Crippen LogP contribution in [0.4, 0.5) is 0 Å². The number of amides is 1. The van der Waals surface area contributed by atoms with Crippen LogP contribution in [0.3, 0.4) is 0 Å². The number of rotatable bonds is 6. The van der Waals surface area contributed by atoms with Crippen LogP contribution in [0.15, 0.2) is 36.4 Å². The molecule has 0 aromatic heterocycles. The number of aryl methyl sites for hydroxylation is 2. The first-order valence-electron chi connectivity index (χ1n) is 10.1. The van der Waals surface area contributed by atoms with E-state index in [9.17, 15) is 4.79 Å². The van der Waals surface area contributed by atoms with Crippen molar-refractivity contribution in [1.82, 2.24) is 10.6 Å². The Kier molecular flexibility index (Phi) is 5.53. The molecule has 28 heavy (non-hydrogen) atoms. The summed E-state index contributed by atoms with van der Waals surface area (Å²) in [5, 5.41) is 6.42. The maximum Gasteiger partial charge on any atom is 0.237 e. The van der Waals surface area contributed by atoms with Gasteiger partial charge in [0, 0.05) is 12.6 Å². The highest BCUT2D eigenvalue weighted by molar-refractivity contribution is 5.81. The van der Waals surface area contributed by atoms with Gasteiger partial charge in [-0.3, -0.25) is 10.1 Å². The normalized spacial score (nSPS) is 16.9. The van der Waals surface area contributed by atoms with Crippen LogP contribution in [0, 0.1) is 0 Å². The Morgan fingerprint density at radius 3 is 2.64 bits per heavy atom. The molecule has 0 radical (unpaired) electrons. The number of carbonyl (C=O) groups is 1. The molecular formula is C23H28N2O3. The highest BCUT2D eigenvalue weighted by Crippen LogP contribution is 2.32. The molecule has 0 saturated heterocycles. The van der Waals surface area contributed by atoms with Gasteiger partial charge < -0.3 is 14.8 Å². The van der Waals surface area contributed by atoms with Gasteiger partial charge in [-0.15, -0.1) is 0 Å². The van der Waals surface area contributed by atoms with Gasteiger partial charge >= 0.3 is 0 Å². The van der Waals surface area contributed by atoms with Gasteiger partial charge in [0.25, 0.3) is 0 Å². The van der Waals surface area contributed by atoms with Crippen molar-refractivity contribution in [3.63, 3.8) is 0 Å². The highest BCUT2D eigenvalue weighted by atomic mass is 16.7. The molecule has 0 fully saturated rings. The zero-order chi connectivity index (χ0) is 19.5. The average molecular weight is 380 g/mol. The number of hydrogen-bond acceptors (Lipinski definition) is 4. The van der Waals surface area contributed by atoms with E-state index in [1.165, 1.54) is 42.4 Å². The van der Waals surface area contributed by atoms with E-state index in [-0.39, 0.29) is 24.8 Å². The smallest absolute Gasteiger partial charge is 0.237 e. The van der Waals surface area contributed by atoms with Crippen molar-refractivity contribution in [2.45, 2.75) is 58.2 Å². The minimum atomic E-state index is -0.278. The number of fused-ring (bicyclic) bond motifs is 2. The molecule has 148 valence electrons. The molecule has 0 unspecified atom stereocenters. The number of nitrogens with one attached hydrogen (secondary N) is 2. The third-order valence-corrected chi connectivity index (χ3v) is 5.67. The van der Waals surface area contributed by atoms with E-state index in [4.69, 9.17) is 9.47 Å². The van der Waals surface area contributed by atoms with Gasteiger partial charge in [-0.2, -0.15) is 0 Å². The second-order valence-corrected chi connectivity index (χ2v) is 7.75. The van der Waals surface area contributed by atoms with Crippen molar-refractivity contribution >= 4 is 5.91 Å². The van der Waals surface area contributed by atoms with Crippen molar-refractivity contribution in [1.29, 1.82) is 0 Å². The fraction of sp³-hybridized carbons (Fsp3) is 0.435. The Balaban J connectivity index is 1.31. The fourth-order valence-corrected chi connectivity index (χ4v) is 3.96. The molecule has 1 aliphatic heterocycles. The fourth-order valence-electron chi connectivity index (χ4n) is 3.96. The maximum atomic E-state index is 12.5. The van der Waals surface area contributed by atoms with Gasteiger partial charge in [-0.1, -0.05) is 24.3 Å². The van der Waals surface area contributed by atoms with Crippen LogP contribution in [0.1, 0.15) is 55.0 Å². The van der Waals surface area contributed by atoms with Crippen molar-refractivity contribution in [3.8, 4) is 11.5 Å².